The number of hydrogen-bond acceptors (Lipinski definition) is 2. The molecule has 2 fully saturated rings. The highest BCUT2D eigenvalue weighted by Crippen LogP contribution is 2.38. The number of halogens is 4. The highest BCUT2D eigenvalue weighted by Gasteiger charge is 2.35. The lowest BCUT2D eigenvalue weighted by molar-refractivity contribution is -0.185. The van der Waals surface area contributed by atoms with Crippen LogP contribution in [0.25, 0.3) is 0 Å². The van der Waals surface area contributed by atoms with Crippen LogP contribution in [-0.2, 0) is 0 Å². The van der Waals surface area contributed by atoms with Crippen molar-refractivity contribution in [3.63, 3.8) is 0 Å². The lowest BCUT2D eigenvalue weighted by atomic mass is 9.77. The SMILES string of the molecule is CCCC1CCC(/C=C/C2CCC(CCC(F)(F)Oc3ccc(OCC)c(F)c3F)CC2)CC1. The van der Waals surface area contributed by atoms with Gasteiger partial charge in [-0.05, 0) is 101 Å². The minimum Gasteiger partial charge on any atom is -0.491 e. The number of hydrogen-bond donors (Lipinski definition) is 0. The Hall–Kier alpha value is -1.72. The second kappa shape index (κ2) is 12.8. The molecule has 0 atom stereocenters. The number of benzene rings is 1. The van der Waals surface area contributed by atoms with Gasteiger partial charge in [0.05, 0.1) is 13.0 Å². The Morgan fingerprint density at radius 2 is 1.29 bits per heavy atom. The van der Waals surface area contributed by atoms with Gasteiger partial charge in [0.2, 0.25) is 11.6 Å². The number of ether oxygens (including phenoxy) is 2. The summed E-state index contributed by atoms with van der Waals surface area (Å²) in [5, 5.41) is 0. The van der Waals surface area contributed by atoms with Gasteiger partial charge in [-0.15, -0.1) is 0 Å². The van der Waals surface area contributed by atoms with Gasteiger partial charge in [-0.1, -0.05) is 31.9 Å². The molecule has 2 aliphatic carbocycles. The average molecular weight is 485 g/mol. The summed E-state index contributed by atoms with van der Waals surface area (Å²) < 4.78 is 66.2. The quantitative estimate of drug-likeness (QED) is 0.230. The summed E-state index contributed by atoms with van der Waals surface area (Å²) in [5.74, 6) is -1.49. The van der Waals surface area contributed by atoms with Gasteiger partial charge < -0.3 is 9.47 Å². The molecule has 0 N–H and O–H groups in total. The van der Waals surface area contributed by atoms with Gasteiger partial charge in [0.25, 0.3) is 0 Å². The monoisotopic (exact) mass is 484 g/mol. The predicted molar refractivity (Wildman–Crippen MR) is 127 cm³/mol. The van der Waals surface area contributed by atoms with Crippen LogP contribution >= 0.6 is 0 Å². The zero-order valence-electron chi connectivity index (χ0n) is 20.6. The topological polar surface area (TPSA) is 18.5 Å². The van der Waals surface area contributed by atoms with Crippen molar-refractivity contribution in [2.45, 2.75) is 97.0 Å². The molecule has 0 bridgehead atoms. The maximum Gasteiger partial charge on any atom is 0.397 e. The van der Waals surface area contributed by atoms with E-state index < -0.39 is 29.9 Å². The first-order valence-electron chi connectivity index (χ1n) is 13.2. The van der Waals surface area contributed by atoms with Gasteiger partial charge in [-0.3, -0.25) is 0 Å². The molecule has 0 unspecified atom stereocenters. The third kappa shape index (κ3) is 7.91. The molecule has 1 aromatic rings. The van der Waals surface area contributed by atoms with E-state index in [1.807, 2.05) is 0 Å². The molecule has 0 amide bonds. The summed E-state index contributed by atoms with van der Waals surface area (Å²) in [4.78, 5) is 0. The molecule has 0 saturated heterocycles. The van der Waals surface area contributed by atoms with E-state index in [9.17, 15) is 17.6 Å². The fraction of sp³-hybridized carbons (Fsp3) is 0.714. The summed E-state index contributed by atoms with van der Waals surface area (Å²) >= 11 is 0. The van der Waals surface area contributed by atoms with Gasteiger partial charge in [-0.25, -0.2) is 0 Å². The van der Waals surface area contributed by atoms with Crippen molar-refractivity contribution in [1.29, 1.82) is 0 Å². The van der Waals surface area contributed by atoms with E-state index in [1.54, 1.807) is 6.92 Å². The largest absolute Gasteiger partial charge is 0.491 e. The molecule has 2 aliphatic rings. The van der Waals surface area contributed by atoms with Gasteiger partial charge in [0.15, 0.2) is 11.5 Å². The van der Waals surface area contributed by atoms with Crippen LogP contribution in [0, 0.1) is 35.3 Å². The molecule has 34 heavy (non-hydrogen) atoms. The Balaban J connectivity index is 1.39. The van der Waals surface area contributed by atoms with Crippen LogP contribution in [0.15, 0.2) is 24.3 Å². The number of alkyl halides is 2. The number of rotatable bonds is 11. The van der Waals surface area contributed by atoms with Crippen molar-refractivity contribution < 1.29 is 27.0 Å². The Kier molecular flexibility index (Phi) is 10.1. The first kappa shape index (κ1) is 26.9. The molecule has 192 valence electrons. The minimum absolute atomic E-state index is 0.144. The third-order valence-corrected chi connectivity index (χ3v) is 7.55. The highest BCUT2D eigenvalue weighted by atomic mass is 19.3. The Morgan fingerprint density at radius 1 is 0.794 bits per heavy atom. The molecule has 2 nitrogen and oxygen atoms in total. The molecule has 0 radical (unpaired) electrons. The summed E-state index contributed by atoms with van der Waals surface area (Å²) in [7, 11) is 0. The van der Waals surface area contributed by atoms with Gasteiger partial charge in [0.1, 0.15) is 0 Å². The normalized spacial score (nSPS) is 26.1. The van der Waals surface area contributed by atoms with Crippen LogP contribution in [0.1, 0.15) is 90.9 Å². The molecule has 0 aromatic heterocycles. The van der Waals surface area contributed by atoms with Crippen molar-refractivity contribution in [1.82, 2.24) is 0 Å². The van der Waals surface area contributed by atoms with E-state index in [0.29, 0.717) is 18.3 Å². The van der Waals surface area contributed by atoms with Crippen LogP contribution in [0.3, 0.4) is 0 Å². The summed E-state index contributed by atoms with van der Waals surface area (Å²) in [6.07, 6.45) is 12.9. The predicted octanol–water partition coefficient (Wildman–Crippen LogP) is 9.08. The molecule has 2 saturated carbocycles. The fourth-order valence-corrected chi connectivity index (χ4v) is 5.51. The van der Waals surface area contributed by atoms with Crippen LogP contribution in [-0.4, -0.2) is 12.7 Å². The van der Waals surface area contributed by atoms with Crippen molar-refractivity contribution in [2.24, 2.45) is 23.7 Å². The highest BCUT2D eigenvalue weighted by molar-refractivity contribution is 5.35. The van der Waals surface area contributed by atoms with E-state index in [-0.39, 0.29) is 18.3 Å². The first-order chi connectivity index (χ1) is 16.3. The Bertz CT molecular complexity index is 779. The number of allylic oxidation sites excluding steroid dienone is 2. The Labute approximate surface area is 202 Å². The molecule has 0 spiro atoms. The maximum absolute atomic E-state index is 14.4. The zero-order valence-corrected chi connectivity index (χ0v) is 20.6. The van der Waals surface area contributed by atoms with Gasteiger partial charge in [0, 0.05) is 0 Å². The van der Waals surface area contributed by atoms with Gasteiger partial charge >= 0.3 is 6.11 Å². The van der Waals surface area contributed by atoms with Gasteiger partial charge in [-0.2, -0.15) is 17.6 Å². The van der Waals surface area contributed by atoms with Crippen molar-refractivity contribution in [3.05, 3.63) is 35.9 Å². The Morgan fingerprint density at radius 3 is 1.82 bits per heavy atom. The van der Waals surface area contributed by atoms with Crippen LogP contribution in [0.4, 0.5) is 17.6 Å². The molecule has 0 heterocycles. The zero-order chi connectivity index (χ0) is 24.6. The van der Waals surface area contributed by atoms with Crippen molar-refractivity contribution in [3.8, 4) is 11.5 Å². The van der Waals surface area contributed by atoms with Crippen LogP contribution in [0.2, 0.25) is 0 Å². The molecule has 1 aromatic carbocycles. The summed E-state index contributed by atoms with van der Waals surface area (Å²) in [6, 6.07) is 2.10. The minimum atomic E-state index is -3.55. The van der Waals surface area contributed by atoms with E-state index >= 15 is 0 Å². The molecular formula is C28H40F4O2. The van der Waals surface area contributed by atoms with E-state index in [0.717, 1.165) is 43.7 Å². The van der Waals surface area contributed by atoms with Crippen molar-refractivity contribution >= 4 is 0 Å². The molecule has 3 rings (SSSR count). The van der Waals surface area contributed by atoms with E-state index in [2.05, 4.69) is 23.8 Å². The molecule has 0 aliphatic heterocycles. The standard InChI is InChI=1S/C28H40F4O2/c1-3-5-20-6-8-21(9-7-20)10-11-22-12-14-23(15-13-22)18-19-28(31,32)34-25-17-16-24(33-4-2)26(29)27(25)30/h10-11,16-17,20-23H,3-9,12-15,18-19H2,1-2H3/b11-10+. The first-order valence-corrected chi connectivity index (χ1v) is 13.2. The second-order valence-electron chi connectivity index (χ2n) is 10.1. The van der Waals surface area contributed by atoms with Crippen LogP contribution in [0.5, 0.6) is 11.5 Å². The second-order valence-corrected chi connectivity index (χ2v) is 10.1. The van der Waals surface area contributed by atoms with E-state index in [1.165, 1.54) is 38.5 Å². The summed E-state index contributed by atoms with van der Waals surface area (Å²) in [5.41, 5.74) is 0. The molecular weight excluding hydrogens is 444 g/mol. The lowest BCUT2D eigenvalue weighted by Crippen LogP contribution is -2.27. The molecule has 6 heteroatoms. The smallest absolute Gasteiger partial charge is 0.397 e. The van der Waals surface area contributed by atoms with Crippen molar-refractivity contribution in [2.75, 3.05) is 6.61 Å². The summed E-state index contributed by atoms with van der Waals surface area (Å²) in [6.45, 7) is 4.03. The fourth-order valence-electron chi connectivity index (χ4n) is 5.51. The lowest BCUT2D eigenvalue weighted by Gasteiger charge is -2.29. The van der Waals surface area contributed by atoms with E-state index in [4.69, 9.17) is 4.74 Å². The maximum atomic E-state index is 14.4. The van der Waals surface area contributed by atoms with Crippen LogP contribution < -0.4 is 9.47 Å². The third-order valence-electron chi connectivity index (χ3n) is 7.55. The average Bonchev–Trinajstić information content (AvgIpc) is 2.83.